The van der Waals surface area contributed by atoms with Gasteiger partial charge in [-0.25, -0.2) is 10.9 Å². The van der Waals surface area contributed by atoms with Gasteiger partial charge in [0.15, 0.2) is 11.5 Å². The van der Waals surface area contributed by atoms with Crippen LogP contribution >= 0.6 is 46.4 Å². The van der Waals surface area contributed by atoms with Gasteiger partial charge >= 0.3 is 11.8 Å². The molecule has 1 heterocycles. The van der Waals surface area contributed by atoms with E-state index in [-0.39, 0.29) is 32.7 Å². The van der Waals surface area contributed by atoms with E-state index in [1.54, 1.807) is 74.5 Å². The van der Waals surface area contributed by atoms with Gasteiger partial charge in [0.25, 0.3) is 11.8 Å². The fourth-order valence-corrected chi connectivity index (χ4v) is 5.41. The lowest BCUT2D eigenvalue weighted by atomic mass is 10.1. The number of carbonyl (C=O) groups excluding carboxylic acids is 4. The standard InChI is InChI=1S/C36H26Cl4N6O5/c1-19(21-3-9-25(10-4-21)41-33(47)27-13-7-23(37)17-29(27)39)43-45-35(49)31-15-16-32(51-31)36(50)46-44-20(2)22-5-11-26(12-6-22)42-34(48)28-14-8-24(38)18-30(28)40/h3-18H,1-2H3,(H,41,47)(H,42,48)(H,45,49)(H,46,50)/b43-19+,44-20+. The van der Waals surface area contributed by atoms with Crippen LogP contribution in [0.4, 0.5) is 11.4 Å². The second kappa shape index (κ2) is 16.5. The van der Waals surface area contributed by atoms with E-state index in [4.69, 9.17) is 50.8 Å². The Balaban J connectivity index is 1.12. The molecule has 5 rings (SSSR count). The molecule has 258 valence electrons. The molecule has 0 spiro atoms. The zero-order valence-corrected chi connectivity index (χ0v) is 29.7. The van der Waals surface area contributed by atoms with Gasteiger partial charge in [-0.2, -0.15) is 10.2 Å². The third-order valence-electron chi connectivity index (χ3n) is 7.18. The summed E-state index contributed by atoms with van der Waals surface area (Å²) in [5, 5.41) is 15.0. The SMILES string of the molecule is C/C(=N\NC(=O)c1ccc(C(=O)N/N=C(\C)c2ccc(NC(=O)c3ccc(Cl)cc3Cl)cc2)o1)c1ccc(NC(=O)c2ccc(Cl)cc2Cl)cc1. The van der Waals surface area contributed by atoms with Crippen molar-refractivity contribution in [2.75, 3.05) is 10.6 Å². The Morgan fingerprint density at radius 1 is 0.510 bits per heavy atom. The Bertz CT molecular complexity index is 2050. The van der Waals surface area contributed by atoms with Crippen LogP contribution in [-0.4, -0.2) is 35.1 Å². The molecule has 0 aliphatic carbocycles. The summed E-state index contributed by atoms with van der Waals surface area (Å²) in [6, 6.07) is 25.4. The van der Waals surface area contributed by atoms with Gasteiger partial charge < -0.3 is 15.1 Å². The average molecular weight is 764 g/mol. The molecule has 4 amide bonds. The molecular formula is C36H26Cl4N6O5. The lowest BCUT2D eigenvalue weighted by Crippen LogP contribution is -2.20. The maximum absolute atomic E-state index is 12.7. The summed E-state index contributed by atoms with van der Waals surface area (Å²) in [6.45, 7) is 3.37. The van der Waals surface area contributed by atoms with Crippen LogP contribution in [0.3, 0.4) is 0 Å². The molecular weight excluding hydrogens is 738 g/mol. The molecule has 0 atom stereocenters. The van der Waals surface area contributed by atoms with Crippen LogP contribution in [0.25, 0.3) is 0 Å². The largest absolute Gasteiger partial charge is 0.446 e. The number of carbonyl (C=O) groups is 4. The summed E-state index contributed by atoms with van der Waals surface area (Å²) in [5.74, 6) is -2.44. The van der Waals surface area contributed by atoms with E-state index in [2.05, 4.69) is 31.7 Å². The summed E-state index contributed by atoms with van der Waals surface area (Å²) in [6.07, 6.45) is 0. The van der Waals surface area contributed by atoms with Crippen LogP contribution in [0.1, 0.15) is 66.8 Å². The maximum atomic E-state index is 12.7. The van der Waals surface area contributed by atoms with Gasteiger partial charge in [0, 0.05) is 21.4 Å². The van der Waals surface area contributed by atoms with Gasteiger partial charge in [0.1, 0.15) is 0 Å². The summed E-state index contributed by atoms with van der Waals surface area (Å²) in [7, 11) is 0. The van der Waals surface area contributed by atoms with E-state index in [0.717, 1.165) is 0 Å². The normalized spacial score (nSPS) is 11.5. The lowest BCUT2D eigenvalue weighted by molar-refractivity contribution is 0.0900. The zero-order chi connectivity index (χ0) is 36.7. The summed E-state index contributed by atoms with van der Waals surface area (Å²) >= 11 is 24.0. The first-order valence-electron chi connectivity index (χ1n) is 14.9. The highest BCUT2D eigenvalue weighted by atomic mass is 35.5. The topological polar surface area (TPSA) is 154 Å². The second-order valence-corrected chi connectivity index (χ2v) is 12.4. The van der Waals surface area contributed by atoms with Crippen LogP contribution in [0, 0.1) is 0 Å². The highest BCUT2D eigenvalue weighted by Gasteiger charge is 2.17. The molecule has 4 N–H and O–H groups in total. The number of furan rings is 1. The number of nitrogens with one attached hydrogen (secondary N) is 4. The van der Waals surface area contributed by atoms with Crippen LogP contribution < -0.4 is 21.5 Å². The van der Waals surface area contributed by atoms with Crippen molar-refractivity contribution in [3.63, 3.8) is 0 Å². The molecule has 4 aromatic carbocycles. The molecule has 11 nitrogen and oxygen atoms in total. The second-order valence-electron chi connectivity index (χ2n) is 10.8. The van der Waals surface area contributed by atoms with E-state index in [0.29, 0.717) is 44.0 Å². The predicted octanol–water partition coefficient (Wildman–Crippen LogP) is 8.71. The minimum Gasteiger partial charge on any atom is -0.446 e. The van der Waals surface area contributed by atoms with E-state index in [9.17, 15) is 19.2 Å². The zero-order valence-electron chi connectivity index (χ0n) is 26.7. The van der Waals surface area contributed by atoms with Crippen LogP contribution in [0.15, 0.2) is 112 Å². The van der Waals surface area contributed by atoms with Crippen molar-refractivity contribution < 1.29 is 23.6 Å². The van der Waals surface area contributed by atoms with Crippen molar-refractivity contribution in [1.29, 1.82) is 0 Å². The molecule has 0 radical (unpaired) electrons. The summed E-state index contributed by atoms with van der Waals surface area (Å²) in [4.78, 5) is 50.4. The maximum Gasteiger partial charge on any atom is 0.307 e. The number of hydrazone groups is 2. The van der Waals surface area contributed by atoms with Gasteiger partial charge in [0.2, 0.25) is 0 Å². The van der Waals surface area contributed by atoms with Gasteiger partial charge in [-0.1, -0.05) is 70.7 Å². The number of hydrogen-bond donors (Lipinski definition) is 4. The molecule has 0 fully saturated rings. The van der Waals surface area contributed by atoms with Crippen molar-refractivity contribution >= 4 is 92.8 Å². The number of nitrogens with zero attached hydrogens (tertiary/aromatic N) is 2. The highest BCUT2D eigenvalue weighted by Crippen LogP contribution is 2.24. The minimum absolute atomic E-state index is 0.145. The summed E-state index contributed by atoms with van der Waals surface area (Å²) in [5.41, 5.74) is 8.67. The third-order valence-corrected chi connectivity index (χ3v) is 8.27. The van der Waals surface area contributed by atoms with E-state index >= 15 is 0 Å². The Hall–Kier alpha value is -5.46. The van der Waals surface area contributed by atoms with Crippen LogP contribution in [0.5, 0.6) is 0 Å². The Morgan fingerprint density at radius 2 is 0.882 bits per heavy atom. The molecule has 0 aliphatic rings. The highest BCUT2D eigenvalue weighted by molar-refractivity contribution is 6.38. The third kappa shape index (κ3) is 9.62. The lowest BCUT2D eigenvalue weighted by Gasteiger charge is -2.08. The minimum atomic E-state index is -0.678. The molecule has 0 aliphatic heterocycles. The van der Waals surface area contributed by atoms with Crippen LogP contribution in [-0.2, 0) is 0 Å². The first-order chi connectivity index (χ1) is 24.4. The number of benzene rings is 4. The number of anilines is 2. The average Bonchev–Trinajstić information content (AvgIpc) is 3.61. The van der Waals surface area contributed by atoms with E-state index in [1.165, 1.54) is 36.4 Å². The van der Waals surface area contributed by atoms with Gasteiger partial charge in [0.05, 0.1) is 32.6 Å². The van der Waals surface area contributed by atoms with E-state index in [1.807, 2.05) is 0 Å². The molecule has 0 saturated heterocycles. The smallest absolute Gasteiger partial charge is 0.307 e. The van der Waals surface area contributed by atoms with Crippen LogP contribution in [0.2, 0.25) is 20.1 Å². The molecule has 0 unspecified atom stereocenters. The number of rotatable bonds is 10. The van der Waals surface area contributed by atoms with E-state index < -0.39 is 23.6 Å². The van der Waals surface area contributed by atoms with Crippen molar-refractivity contribution in [1.82, 2.24) is 10.9 Å². The Morgan fingerprint density at radius 3 is 1.24 bits per heavy atom. The predicted molar refractivity (Wildman–Crippen MR) is 200 cm³/mol. The van der Waals surface area contributed by atoms with Crippen molar-refractivity contribution in [3.05, 3.63) is 151 Å². The monoisotopic (exact) mass is 762 g/mol. The van der Waals surface area contributed by atoms with Gasteiger partial charge in [-0.15, -0.1) is 0 Å². The number of amides is 4. The fraction of sp³-hybridized carbons (Fsp3) is 0.0556. The Labute approximate surface area is 311 Å². The fourth-order valence-electron chi connectivity index (χ4n) is 4.42. The number of halogens is 4. The summed E-state index contributed by atoms with van der Waals surface area (Å²) < 4.78 is 5.41. The Kier molecular flexibility index (Phi) is 11.9. The first kappa shape index (κ1) is 36.8. The molecule has 15 heteroatoms. The van der Waals surface area contributed by atoms with Gasteiger partial charge in [-0.3, -0.25) is 19.2 Å². The van der Waals surface area contributed by atoms with Crippen molar-refractivity contribution in [3.8, 4) is 0 Å². The van der Waals surface area contributed by atoms with Crippen molar-refractivity contribution in [2.24, 2.45) is 10.2 Å². The first-order valence-corrected chi connectivity index (χ1v) is 16.4. The molecule has 5 aromatic rings. The van der Waals surface area contributed by atoms with Crippen molar-refractivity contribution in [2.45, 2.75) is 13.8 Å². The molecule has 0 saturated carbocycles. The quantitative estimate of drug-likeness (QED) is 0.0828. The van der Waals surface area contributed by atoms with Gasteiger partial charge in [-0.05, 0) is 97.8 Å². The molecule has 51 heavy (non-hydrogen) atoms. The molecule has 1 aromatic heterocycles. The molecule has 0 bridgehead atoms. The number of hydrogen-bond acceptors (Lipinski definition) is 7.